The van der Waals surface area contributed by atoms with Gasteiger partial charge >= 0.3 is 0 Å². The van der Waals surface area contributed by atoms with Crippen LogP contribution in [0.4, 0.5) is 0 Å². The zero-order valence-electron chi connectivity index (χ0n) is 14.4. The Hall–Kier alpha value is -1.40. The zero-order valence-corrected chi connectivity index (χ0v) is 15.3. The molecule has 2 amide bonds. The zero-order chi connectivity index (χ0) is 16.9. The lowest BCUT2D eigenvalue weighted by molar-refractivity contribution is -0.135. The first kappa shape index (κ1) is 17.4. The highest BCUT2D eigenvalue weighted by Gasteiger charge is 2.26. The fourth-order valence-electron chi connectivity index (χ4n) is 3.65. The molecule has 0 spiro atoms. The number of thiophene rings is 1. The third-order valence-electron chi connectivity index (χ3n) is 5.13. The third kappa shape index (κ3) is 4.16. The molecule has 1 unspecified atom stereocenters. The van der Waals surface area contributed by atoms with E-state index in [2.05, 4.69) is 11.8 Å². The first-order valence-electron chi connectivity index (χ1n) is 8.98. The Bertz CT molecular complexity index is 561. The maximum atomic E-state index is 12.6. The van der Waals surface area contributed by atoms with Crippen molar-refractivity contribution < 1.29 is 9.59 Å². The molecule has 0 aliphatic carbocycles. The van der Waals surface area contributed by atoms with Gasteiger partial charge < -0.3 is 9.80 Å². The topological polar surface area (TPSA) is 43.9 Å². The van der Waals surface area contributed by atoms with Gasteiger partial charge in [0, 0.05) is 44.1 Å². The van der Waals surface area contributed by atoms with E-state index in [1.165, 1.54) is 6.42 Å². The molecule has 132 valence electrons. The monoisotopic (exact) mass is 349 g/mol. The molecule has 3 rings (SSSR count). The molecule has 0 bridgehead atoms. The van der Waals surface area contributed by atoms with E-state index < -0.39 is 0 Å². The summed E-state index contributed by atoms with van der Waals surface area (Å²) in [5.74, 6) is 0.369. The first-order valence-corrected chi connectivity index (χ1v) is 9.93. The van der Waals surface area contributed by atoms with Crippen molar-refractivity contribution in [2.75, 3.05) is 39.3 Å². The van der Waals surface area contributed by atoms with E-state index >= 15 is 0 Å². The van der Waals surface area contributed by atoms with E-state index in [0.29, 0.717) is 19.1 Å². The van der Waals surface area contributed by atoms with Crippen LogP contribution in [0, 0.1) is 0 Å². The lowest BCUT2D eigenvalue weighted by atomic mass is 10.0. The van der Waals surface area contributed by atoms with Gasteiger partial charge in [0.25, 0.3) is 5.91 Å². The van der Waals surface area contributed by atoms with Crippen LogP contribution in [0.2, 0.25) is 0 Å². The Kier molecular flexibility index (Phi) is 5.89. The quantitative estimate of drug-likeness (QED) is 0.841. The Morgan fingerprint density at radius 1 is 1.12 bits per heavy atom. The average Bonchev–Trinajstić information content (AvgIpc) is 3.02. The van der Waals surface area contributed by atoms with Crippen molar-refractivity contribution in [3.8, 4) is 0 Å². The molecule has 0 saturated carbocycles. The first-order chi connectivity index (χ1) is 11.6. The van der Waals surface area contributed by atoms with Gasteiger partial charge in [-0.25, -0.2) is 0 Å². The van der Waals surface area contributed by atoms with Crippen LogP contribution < -0.4 is 0 Å². The molecule has 2 aliphatic heterocycles. The summed E-state index contributed by atoms with van der Waals surface area (Å²) in [6.07, 6.45) is 4.40. The maximum Gasteiger partial charge on any atom is 0.254 e. The van der Waals surface area contributed by atoms with Gasteiger partial charge in [-0.15, -0.1) is 0 Å². The number of hydrogen-bond acceptors (Lipinski definition) is 4. The second-order valence-electron chi connectivity index (χ2n) is 6.87. The van der Waals surface area contributed by atoms with Gasteiger partial charge in [-0.05, 0) is 44.1 Å². The van der Waals surface area contributed by atoms with Crippen LogP contribution in [0.3, 0.4) is 0 Å². The Morgan fingerprint density at radius 3 is 2.75 bits per heavy atom. The summed E-state index contributed by atoms with van der Waals surface area (Å²) in [6, 6.07) is 2.26. The standard InChI is InChI=1S/C18H27N3O2S/c1-15-5-2-3-9-21(15)17(22)13-19-7-4-8-20(11-10-19)18(23)16-6-12-24-14-16/h6,12,14-15H,2-5,7-11,13H2,1H3. The number of piperidine rings is 1. The molecular formula is C18H27N3O2S. The van der Waals surface area contributed by atoms with E-state index in [4.69, 9.17) is 0 Å². The highest BCUT2D eigenvalue weighted by molar-refractivity contribution is 7.08. The number of carbonyl (C=O) groups excluding carboxylic acids is 2. The molecule has 2 aliphatic rings. The van der Waals surface area contributed by atoms with E-state index in [9.17, 15) is 9.59 Å². The molecule has 24 heavy (non-hydrogen) atoms. The van der Waals surface area contributed by atoms with Gasteiger partial charge in [-0.1, -0.05) is 0 Å². The van der Waals surface area contributed by atoms with Gasteiger partial charge in [0.2, 0.25) is 5.91 Å². The van der Waals surface area contributed by atoms with Crippen LogP contribution in [0.5, 0.6) is 0 Å². The second kappa shape index (κ2) is 8.12. The van der Waals surface area contributed by atoms with Gasteiger partial charge in [0.1, 0.15) is 0 Å². The SMILES string of the molecule is CC1CCCCN1C(=O)CN1CCCN(C(=O)c2ccsc2)CC1. The smallest absolute Gasteiger partial charge is 0.254 e. The molecule has 1 aromatic heterocycles. The normalized spacial score (nSPS) is 23.1. The van der Waals surface area contributed by atoms with E-state index in [1.807, 2.05) is 26.6 Å². The van der Waals surface area contributed by atoms with E-state index in [-0.39, 0.29) is 11.8 Å². The summed E-state index contributed by atoms with van der Waals surface area (Å²) in [6.45, 7) is 6.70. The molecule has 0 aromatic carbocycles. The lowest BCUT2D eigenvalue weighted by Crippen LogP contribution is -2.47. The summed E-state index contributed by atoms with van der Waals surface area (Å²) in [5.41, 5.74) is 0.784. The van der Waals surface area contributed by atoms with Crippen LogP contribution in [-0.2, 0) is 4.79 Å². The third-order valence-corrected chi connectivity index (χ3v) is 5.81. The summed E-state index contributed by atoms with van der Waals surface area (Å²) in [7, 11) is 0. The maximum absolute atomic E-state index is 12.6. The molecular weight excluding hydrogens is 322 g/mol. The van der Waals surface area contributed by atoms with E-state index in [1.54, 1.807) is 11.3 Å². The number of hydrogen-bond donors (Lipinski definition) is 0. The summed E-state index contributed by atoms with van der Waals surface area (Å²) < 4.78 is 0. The number of nitrogens with zero attached hydrogens (tertiary/aromatic N) is 3. The molecule has 0 radical (unpaired) electrons. The van der Waals surface area contributed by atoms with Crippen LogP contribution in [0.15, 0.2) is 16.8 Å². The highest BCUT2D eigenvalue weighted by atomic mass is 32.1. The van der Waals surface area contributed by atoms with Crippen molar-refractivity contribution in [2.24, 2.45) is 0 Å². The predicted molar refractivity (Wildman–Crippen MR) is 96.3 cm³/mol. The minimum atomic E-state index is 0.120. The fraction of sp³-hybridized carbons (Fsp3) is 0.667. The van der Waals surface area contributed by atoms with Crippen molar-refractivity contribution in [1.82, 2.24) is 14.7 Å². The minimum absolute atomic E-state index is 0.120. The van der Waals surface area contributed by atoms with Crippen molar-refractivity contribution >= 4 is 23.2 Å². The molecule has 1 aromatic rings. The van der Waals surface area contributed by atoms with Crippen LogP contribution in [0.25, 0.3) is 0 Å². The number of carbonyl (C=O) groups is 2. The summed E-state index contributed by atoms with van der Waals surface area (Å²) in [5, 5.41) is 3.85. The van der Waals surface area contributed by atoms with E-state index in [0.717, 1.165) is 51.0 Å². The van der Waals surface area contributed by atoms with Crippen molar-refractivity contribution in [3.05, 3.63) is 22.4 Å². The molecule has 2 saturated heterocycles. The number of amides is 2. The average molecular weight is 350 g/mol. The molecule has 0 N–H and O–H groups in total. The molecule has 6 heteroatoms. The van der Waals surface area contributed by atoms with Crippen molar-refractivity contribution in [2.45, 2.75) is 38.6 Å². The highest BCUT2D eigenvalue weighted by Crippen LogP contribution is 2.17. The molecule has 5 nitrogen and oxygen atoms in total. The fourth-order valence-corrected chi connectivity index (χ4v) is 4.28. The van der Waals surface area contributed by atoms with Crippen LogP contribution >= 0.6 is 11.3 Å². The number of rotatable bonds is 3. The van der Waals surface area contributed by atoms with Gasteiger partial charge in [-0.3, -0.25) is 14.5 Å². The van der Waals surface area contributed by atoms with Gasteiger partial charge in [0.05, 0.1) is 12.1 Å². The second-order valence-corrected chi connectivity index (χ2v) is 7.65. The Balaban J connectivity index is 1.52. The molecule has 1 atom stereocenters. The lowest BCUT2D eigenvalue weighted by Gasteiger charge is -2.35. The van der Waals surface area contributed by atoms with Crippen LogP contribution in [-0.4, -0.2) is 71.8 Å². The Morgan fingerprint density at radius 2 is 2.00 bits per heavy atom. The minimum Gasteiger partial charge on any atom is -0.339 e. The largest absolute Gasteiger partial charge is 0.339 e. The summed E-state index contributed by atoms with van der Waals surface area (Å²) >= 11 is 1.55. The van der Waals surface area contributed by atoms with Crippen molar-refractivity contribution in [1.29, 1.82) is 0 Å². The van der Waals surface area contributed by atoms with Gasteiger partial charge in [0.15, 0.2) is 0 Å². The summed E-state index contributed by atoms with van der Waals surface area (Å²) in [4.78, 5) is 31.3. The molecule has 3 heterocycles. The predicted octanol–water partition coefficient (Wildman–Crippen LogP) is 2.30. The molecule has 2 fully saturated rings. The Labute approximate surface area is 148 Å². The van der Waals surface area contributed by atoms with Gasteiger partial charge in [-0.2, -0.15) is 11.3 Å². The van der Waals surface area contributed by atoms with Crippen LogP contribution in [0.1, 0.15) is 43.0 Å². The van der Waals surface area contributed by atoms with Crippen molar-refractivity contribution in [3.63, 3.8) is 0 Å². The number of likely N-dealkylation sites (tertiary alicyclic amines) is 1.